The Bertz CT molecular complexity index is 1100. The van der Waals surface area contributed by atoms with Gasteiger partial charge in [0, 0.05) is 19.3 Å². The zero-order valence-corrected chi connectivity index (χ0v) is 37.1. The number of hydrogen-bond donors (Lipinski definition) is 0. The van der Waals surface area contributed by atoms with Gasteiger partial charge in [0.05, 0.1) is 0 Å². The van der Waals surface area contributed by atoms with Crippen molar-refractivity contribution in [2.24, 2.45) is 0 Å². The lowest BCUT2D eigenvalue weighted by molar-refractivity contribution is -0.166. The van der Waals surface area contributed by atoms with E-state index in [0.29, 0.717) is 19.3 Å². The second kappa shape index (κ2) is 45.6. The number of allylic oxidation sites excluding steroid dienone is 12. The Balaban J connectivity index is 4.34. The molecule has 0 rings (SSSR count). The van der Waals surface area contributed by atoms with Gasteiger partial charge in [-0.15, -0.1) is 0 Å². The van der Waals surface area contributed by atoms with Gasteiger partial charge >= 0.3 is 17.9 Å². The van der Waals surface area contributed by atoms with Crippen molar-refractivity contribution in [2.75, 3.05) is 13.2 Å². The van der Waals surface area contributed by atoms with Crippen LogP contribution in [-0.2, 0) is 28.6 Å². The summed E-state index contributed by atoms with van der Waals surface area (Å²) in [5, 5.41) is 0. The number of unbranched alkanes of at least 4 members (excludes halogenated alkanes) is 18. The average Bonchev–Trinajstić information content (AvgIpc) is 3.21. The molecule has 0 aliphatic carbocycles. The second-order valence-corrected chi connectivity index (χ2v) is 15.3. The number of ether oxygens (including phenoxy) is 3. The van der Waals surface area contributed by atoms with Crippen LogP contribution in [0.25, 0.3) is 0 Å². The zero-order valence-electron chi connectivity index (χ0n) is 37.1. The van der Waals surface area contributed by atoms with Gasteiger partial charge in [-0.25, -0.2) is 0 Å². The quantitative estimate of drug-likeness (QED) is 0.0265. The highest BCUT2D eigenvalue weighted by Crippen LogP contribution is 2.13. The van der Waals surface area contributed by atoms with Crippen LogP contribution in [0.4, 0.5) is 0 Å². The van der Waals surface area contributed by atoms with Gasteiger partial charge < -0.3 is 14.2 Å². The van der Waals surface area contributed by atoms with Gasteiger partial charge in [0.25, 0.3) is 0 Å². The first kappa shape index (κ1) is 53.9. The molecule has 0 aromatic carbocycles. The second-order valence-electron chi connectivity index (χ2n) is 15.3. The maximum Gasteiger partial charge on any atom is 0.306 e. The summed E-state index contributed by atoms with van der Waals surface area (Å²) in [4.78, 5) is 37.6. The fourth-order valence-corrected chi connectivity index (χ4v) is 6.19. The monoisotopic (exact) mass is 795 g/mol. The Hall–Kier alpha value is -3.15. The number of rotatable bonds is 41. The van der Waals surface area contributed by atoms with Gasteiger partial charge in [0.1, 0.15) is 13.2 Å². The van der Waals surface area contributed by atoms with Gasteiger partial charge in [-0.1, -0.05) is 190 Å². The first-order valence-electron chi connectivity index (χ1n) is 23.4. The van der Waals surface area contributed by atoms with E-state index in [2.05, 4.69) is 81.5 Å². The SMILES string of the molecule is CC/C=C\C/C=C\C/C=C\C/C=C\CCC(=O)OC(COC(=O)CCCCCCCCC)COC(=O)CCCCCCCCCCC/C=C\C/C=C\CCCCC. The fraction of sp³-hybridized carbons (Fsp3) is 0.706. The molecule has 0 spiro atoms. The Labute approximate surface area is 351 Å². The molecule has 0 fully saturated rings. The van der Waals surface area contributed by atoms with Crippen molar-refractivity contribution in [2.45, 2.75) is 219 Å². The molecular formula is C51H86O6. The van der Waals surface area contributed by atoms with Crippen molar-refractivity contribution < 1.29 is 28.6 Å². The van der Waals surface area contributed by atoms with Gasteiger partial charge in [-0.2, -0.15) is 0 Å². The molecule has 6 heteroatoms. The van der Waals surface area contributed by atoms with Crippen LogP contribution in [-0.4, -0.2) is 37.2 Å². The van der Waals surface area contributed by atoms with E-state index in [1.807, 2.05) is 12.2 Å². The molecule has 0 saturated heterocycles. The lowest BCUT2D eigenvalue weighted by Gasteiger charge is -2.18. The van der Waals surface area contributed by atoms with Crippen molar-refractivity contribution in [1.82, 2.24) is 0 Å². The summed E-state index contributed by atoms with van der Waals surface area (Å²) in [5.74, 6) is -1.00. The maximum absolute atomic E-state index is 12.7. The van der Waals surface area contributed by atoms with Crippen molar-refractivity contribution in [3.63, 3.8) is 0 Å². The molecule has 0 heterocycles. The highest BCUT2D eigenvalue weighted by molar-refractivity contribution is 5.71. The summed E-state index contributed by atoms with van der Waals surface area (Å²) in [6, 6.07) is 0. The van der Waals surface area contributed by atoms with Crippen LogP contribution in [0.5, 0.6) is 0 Å². The van der Waals surface area contributed by atoms with Crippen LogP contribution in [0.3, 0.4) is 0 Å². The molecule has 0 bridgehead atoms. The molecule has 1 unspecified atom stereocenters. The molecule has 0 N–H and O–H groups in total. The van der Waals surface area contributed by atoms with Gasteiger partial charge in [-0.05, 0) is 77.0 Å². The summed E-state index contributed by atoms with van der Waals surface area (Å²) in [6.07, 6.45) is 56.3. The van der Waals surface area contributed by atoms with E-state index in [0.717, 1.165) is 70.6 Å². The van der Waals surface area contributed by atoms with Gasteiger partial charge in [-0.3, -0.25) is 14.4 Å². The van der Waals surface area contributed by atoms with Gasteiger partial charge in [0.15, 0.2) is 6.10 Å². The molecule has 0 amide bonds. The molecule has 1 atom stereocenters. The molecule has 0 aliphatic heterocycles. The van der Waals surface area contributed by atoms with Crippen molar-refractivity contribution in [1.29, 1.82) is 0 Å². The van der Waals surface area contributed by atoms with Crippen LogP contribution in [0, 0.1) is 0 Å². The number of esters is 3. The standard InChI is InChI=1S/C51H86O6/c1-4-7-10-13-16-18-20-22-23-24-25-26-27-29-30-32-35-38-41-44-50(53)56-47-48(46-55-49(52)43-40-37-34-15-12-9-6-3)57-51(54)45-42-39-36-33-31-28-21-19-17-14-11-8-5-2/h8,11,16-19,22-23,28,31,36,39,48H,4-7,9-10,12-15,20-21,24-27,29-30,32-35,37-38,40-47H2,1-3H3/b11-8-,18-16-,19-17-,23-22-,31-28-,39-36-. The number of hydrogen-bond acceptors (Lipinski definition) is 6. The molecule has 6 nitrogen and oxygen atoms in total. The predicted molar refractivity (Wildman–Crippen MR) is 242 cm³/mol. The minimum Gasteiger partial charge on any atom is -0.462 e. The third-order valence-electron chi connectivity index (χ3n) is 9.71. The third kappa shape index (κ3) is 43.8. The Morgan fingerprint density at radius 1 is 0.368 bits per heavy atom. The van der Waals surface area contributed by atoms with E-state index in [9.17, 15) is 14.4 Å². The molecule has 0 aliphatic rings. The van der Waals surface area contributed by atoms with E-state index < -0.39 is 12.1 Å². The Morgan fingerprint density at radius 3 is 1.18 bits per heavy atom. The summed E-state index contributed by atoms with van der Waals surface area (Å²) in [6.45, 7) is 6.37. The molecule has 0 aromatic heterocycles. The Kier molecular flexibility index (Phi) is 43.0. The number of carbonyl (C=O) groups is 3. The van der Waals surface area contributed by atoms with Crippen LogP contribution in [0.1, 0.15) is 213 Å². The van der Waals surface area contributed by atoms with E-state index >= 15 is 0 Å². The van der Waals surface area contributed by atoms with Crippen LogP contribution >= 0.6 is 0 Å². The summed E-state index contributed by atoms with van der Waals surface area (Å²) in [7, 11) is 0. The maximum atomic E-state index is 12.7. The highest BCUT2D eigenvalue weighted by Gasteiger charge is 2.19. The molecular weight excluding hydrogens is 709 g/mol. The minimum atomic E-state index is -0.810. The van der Waals surface area contributed by atoms with Crippen LogP contribution in [0.15, 0.2) is 72.9 Å². The molecule has 57 heavy (non-hydrogen) atoms. The van der Waals surface area contributed by atoms with E-state index in [1.54, 1.807) is 0 Å². The summed E-state index contributed by atoms with van der Waals surface area (Å²) in [5.41, 5.74) is 0. The highest BCUT2D eigenvalue weighted by atomic mass is 16.6. The summed E-state index contributed by atoms with van der Waals surface area (Å²) < 4.78 is 16.6. The van der Waals surface area contributed by atoms with Crippen LogP contribution < -0.4 is 0 Å². The van der Waals surface area contributed by atoms with Crippen molar-refractivity contribution >= 4 is 17.9 Å². The Morgan fingerprint density at radius 2 is 0.719 bits per heavy atom. The summed E-state index contributed by atoms with van der Waals surface area (Å²) >= 11 is 0. The van der Waals surface area contributed by atoms with Crippen molar-refractivity contribution in [3.05, 3.63) is 72.9 Å². The smallest absolute Gasteiger partial charge is 0.306 e. The molecule has 0 aromatic rings. The molecule has 0 radical (unpaired) electrons. The van der Waals surface area contributed by atoms with E-state index in [4.69, 9.17) is 14.2 Å². The lowest BCUT2D eigenvalue weighted by Crippen LogP contribution is -2.30. The lowest BCUT2D eigenvalue weighted by atomic mass is 10.1. The minimum absolute atomic E-state index is 0.105. The van der Waals surface area contributed by atoms with E-state index in [1.165, 1.54) is 96.3 Å². The predicted octanol–water partition coefficient (Wildman–Crippen LogP) is 15.1. The average molecular weight is 795 g/mol. The largest absolute Gasteiger partial charge is 0.462 e. The molecule has 0 saturated carbocycles. The number of carbonyl (C=O) groups excluding carboxylic acids is 3. The third-order valence-corrected chi connectivity index (χ3v) is 9.71. The fourth-order valence-electron chi connectivity index (χ4n) is 6.19. The molecule has 326 valence electrons. The normalized spacial score (nSPS) is 12.7. The van der Waals surface area contributed by atoms with Crippen molar-refractivity contribution in [3.8, 4) is 0 Å². The zero-order chi connectivity index (χ0) is 41.5. The first-order chi connectivity index (χ1) is 28.0. The van der Waals surface area contributed by atoms with Gasteiger partial charge in [0.2, 0.25) is 0 Å². The topological polar surface area (TPSA) is 78.9 Å². The first-order valence-corrected chi connectivity index (χ1v) is 23.4. The van der Waals surface area contributed by atoms with Crippen LogP contribution in [0.2, 0.25) is 0 Å². The van der Waals surface area contributed by atoms with E-state index in [-0.39, 0.29) is 31.6 Å².